The number of carbonyl (C=O) groups is 1. The van der Waals surface area contributed by atoms with Crippen LogP contribution < -0.4 is 0 Å². The number of carbonyl (C=O) groups excluding carboxylic acids is 1. The zero-order valence-corrected chi connectivity index (χ0v) is 12.1. The van der Waals surface area contributed by atoms with Gasteiger partial charge in [0, 0.05) is 0 Å². The monoisotopic (exact) mass is 316 g/mol. The van der Waals surface area contributed by atoms with Crippen molar-refractivity contribution in [2.75, 3.05) is 0 Å². The van der Waals surface area contributed by atoms with Gasteiger partial charge in [-0.3, -0.25) is 4.79 Å². The molecule has 0 aliphatic rings. The molecule has 0 spiro atoms. The van der Waals surface area contributed by atoms with Gasteiger partial charge in [-0.25, -0.2) is 0 Å². The van der Waals surface area contributed by atoms with E-state index in [0.29, 0.717) is 24.8 Å². The zero-order valence-electron chi connectivity index (χ0n) is 8.99. The van der Waals surface area contributed by atoms with Crippen molar-refractivity contribution in [1.82, 2.24) is 0 Å². The molecule has 1 aromatic heterocycles. The molecular formula is C13H7Cl3OS. The molecule has 0 saturated heterocycles. The molecule has 0 aliphatic heterocycles. The summed E-state index contributed by atoms with van der Waals surface area (Å²) < 4.78 is 0.590. The number of benzene rings is 1. The fourth-order valence-electron chi connectivity index (χ4n) is 1.34. The average molecular weight is 318 g/mol. The molecule has 1 nitrogen and oxygen atoms in total. The lowest BCUT2D eigenvalue weighted by molar-refractivity contribution is 0.105. The second-order valence-electron chi connectivity index (χ2n) is 3.44. The molecule has 0 aliphatic carbocycles. The van der Waals surface area contributed by atoms with Crippen molar-refractivity contribution in [1.29, 1.82) is 0 Å². The van der Waals surface area contributed by atoms with Crippen LogP contribution in [0.2, 0.25) is 14.4 Å². The average Bonchev–Trinajstić information content (AvgIpc) is 2.77. The second-order valence-corrected chi connectivity index (χ2v) is 5.94. The lowest BCUT2D eigenvalue weighted by Gasteiger charge is -1.99. The Kier molecular flexibility index (Phi) is 4.46. The summed E-state index contributed by atoms with van der Waals surface area (Å²) in [5.41, 5.74) is 0.708. The third-order valence-corrected chi connectivity index (χ3v) is 4.29. The standard InChI is InChI=1S/C13H7Cl3OS/c14-9-3-1-2-8(13(9)16)4-5-10(17)11-6-7-12(15)18-11/h1-7H. The van der Waals surface area contributed by atoms with Gasteiger partial charge in [0.1, 0.15) is 0 Å². The van der Waals surface area contributed by atoms with Crippen LogP contribution in [0, 0.1) is 0 Å². The second kappa shape index (κ2) is 5.89. The maximum Gasteiger partial charge on any atom is 0.195 e. The van der Waals surface area contributed by atoms with Gasteiger partial charge in [0.25, 0.3) is 0 Å². The van der Waals surface area contributed by atoms with Crippen LogP contribution in [0.4, 0.5) is 0 Å². The molecule has 2 rings (SSSR count). The smallest absolute Gasteiger partial charge is 0.195 e. The topological polar surface area (TPSA) is 17.1 Å². The molecule has 18 heavy (non-hydrogen) atoms. The molecule has 1 heterocycles. The van der Waals surface area contributed by atoms with E-state index in [1.165, 1.54) is 17.4 Å². The number of hydrogen-bond acceptors (Lipinski definition) is 2. The van der Waals surface area contributed by atoms with Gasteiger partial charge < -0.3 is 0 Å². The van der Waals surface area contributed by atoms with Crippen LogP contribution in [-0.4, -0.2) is 5.78 Å². The van der Waals surface area contributed by atoms with Crippen LogP contribution in [0.3, 0.4) is 0 Å². The molecule has 5 heteroatoms. The summed E-state index contributed by atoms with van der Waals surface area (Å²) in [6.07, 6.45) is 3.10. The van der Waals surface area contributed by atoms with Gasteiger partial charge in [0.2, 0.25) is 0 Å². The minimum absolute atomic E-state index is 0.108. The highest BCUT2D eigenvalue weighted by atomic mass is 35.5. The van der Waals surface area contributed by atoms with Gasteiger partial charge in [0.15, 0.2) is 5.78 Å². The first-order chi connectivity index (χ1) is 8.58. The van der Waals surface area contributed by atoms with Gasteiger partial charge in [-0.1, -0.05) is 46.9 Å². The van der Waals surface area contributed by atoms with E-state index in [1.54, 1.807) is 36.4 Å². The van der Waals surface area contributed by atoms with Crippen LogP contribution in [0.5, 0.6) is 0 Å². The van der Waals surface area contributed by atoms with E-state index in [0.717, 1.165) is 0 Å². The van der Waals surface area contributed by atoms with Gasteiger partial charge in [-0.15, -0.1) is 11.3 Å². The van der Waals surface area contributed by atoms with Crippen molar-refractivity contribution < 1.29 is 4.79 Å². The molecule has 0 amide bonds. The number of rotatable bonds is 3. The van der Waals surface area contributed by atoms with Gasteiger partial charge in [-0.05, 0) is 35.9 Å². The molecule has 0 fully saturated rings. The largest absolute Gasteiger partial charge is 0.288 e. The minimum Gasteiger partial charge on any atom is -0.288 e. The van der Waals surface area contributed by atoms with Crippen molar-refractivity contribution in [2.45, 2.75) is 0 Å². The number of allylic oxidation sites excluding steroid dienone is 1. The maximum absolute atomic E-state index is 11.8. The fourth-order valence-corrected chi connectivity index (χ4v) is 2.68. The summed E-state index contributed by atoms with van der Waals surface area (Å²) in [4.78, 5) is 12.4. The number of thiophene rings is 1. The molecule has 0 bridgehead atoms. The molecule has 0 atom stereocenters. The van der Waals surface area contributed by atoms with Crippen LogP contribution in [0.15, 0.2) is 36.4 Å². The lowest BCUT2D eigenvalue weighted by atomic mass is 10.2. The predicted octanol–water partition coefficient (Wildman–Crippen LogP) is 5.60. The molecule has 1 aromatic carbocycles. The van der Waals surface area contributed by atoms with Crippen LogP contribution in [0.25, 0.3) is 6.08 Å². The van der Waals surface area contributed by atoms with E-state index in [-0.39, 0.29) is 5.78 Å². The van der Waals surface area contributed by atoms with E-state index in [2.05, 4.69) is 0 Å². The van der Waals surface area contributed by atoms with E-state index in [1.807, 2.05) is 0 Å². The highest BCUT2D eigenvalue weighted by Crippen LogP contribution is 2.27. The Labute approximate surface area is 124 Å². The first kappa shape index (κ1) is 13.6. The van der Waals surface area contributed by atoms with E-state index >= 15 is 0 Å². The number of halogens is 3. The van der Waals surface area contributed by atoms with Crippen molar-refractivity contribution in [2.24, 2.45) is 0 Å². The summed E-state index contributed by atoms with van der Waals surface area (Å²) in [7, 11) is 0. The third kappa shape index (κ3) is 3.15. The Morgan fingerprint density at radius 2 is 1.89 bits per heavy atom. The number of hydrogen-bond donors (Lipinski definition) is 0. The number of ketones is 1. The molecular weight excluding hydrogens is 311 g/mol. The van der Waals surface area contributed by atoms with Crippen molar-refractivity contribution >= 4 is 58.0 Å². The predicted molar refractivity (Wildman–Crippen MR) is 79.2 cm³/mol. The third-order valence-electron chi connectivity index (χ3n) is 2.21. The lowest BCUT2D eigenvalue weighted by Crippen LogP contribution is -1.88. The molecule has 2 aromatic rings. The Bertz CT molecular complexity index is 616. The molecule has 0 N–H and O–H groups in total. The summed E-state index contributed by atoms with van der Waals surface area (Å²) >= 11 is 18.9. The highest BCUT2D eigenvalue weighted by Gasteiger charge is 2.06. The highest BCUT2D eigenvalue weighted by molar-refractivity contribution is 7.18. The van der Waals surface area contributed by atoms with Crippen molar-refractivity contribution in [3.63, 3.8) is 0 Å². The van der Waals surface area contributed by atoms with Crippen molar-refractivity contribution in [3.8, 4) is 0 Å². The zero-order chi connectivity index (χ0) is 13.1. The van der Waals surface area contributed by atoms with Gasteiger partial charge in [0.05, 0.1) is 19.3 Å². The quantitative estimate of drug-likeness (QED) is 0.531. The maximum atomic E-state index is 11.8. The van der Waals surface area contributed by atoms with E-state index < -0.39 is 0 Å². The van der Waals surface area contributed by atoms with E-state index in [4.69, 9.17) is 34.8 Å². The van der Waals surface area contributed by atoms with Gasteiger partial charge in [-0.2, -0.15) is 0 Å². The first-order valence-electron chi connectivity index (χ1n) is 4.99. The van der Waals surface area contributed by atoms with E-state index in [9.17, 15) is 4.79 Å². The normalized spacial score (nSPS) is 11.1. The Morgan fingerprint density at radius 1 is 1.11 bits per heavy atom. The van der Waals surface area contributed by atoms with Crippen LogP contribution in [-0.2, 0) is 0 Å². The van der Waals surface area contributed by atoms with Crippen LogP contribution in [0.1, 0.15) is 15.2 Å². The summed E-state index contributed by atoms with van der Waals surface area (Å²) in [5.74, 6) is -0.108. The first-order valence-corrected chi connectivity index (χ1v) is 6.95. The summed E-state index contributed by atoms with van der Waals surface area (Å²) in [6.45, 7) is 0. The van der Waals surface area contributed by atoms with Gasteiger partial charge >= 0.3 is 0 Å². The van der Waals surface area contributed by atoms with Crippen molar-refractivity contribution in [3.05, 3.63) is 61.2 Å². The Morgan fingerprint density at radius 3 is 2.56 bits per heavy atom. The Hall–Kier alpha value is -0.800. The SMILES string of the molecule is O=C(C=Cc1cccc(Cl)c1Cl)c1ccc(Cl)s1. The minimum atomic E-state index is -0.108. The molecule has 0 radical (unpaired) electrons. The summed E-state index contributed by atoms with van der Waals surface area (Å²) in [6, 6.07) is 8.65. The molecule has 0 unspecified atom stereocenters. The molecule has 0 saturated carbocycles. The van der Waals surface area contributed by atoms with Crippen LogP contribution >= 0.6 is 46.1 Å². The summed E-state index contributed by atoms with van der Waals surface area (Å²) in [5, 5.41) is 0.901. The molecule has 92 valence electrons. The Balaban J connectivity index is 2.21. The fraction of sp³-hybridized carbons (Fsp3) is 0.